The summed E-state index contributed by atoms with van der Waals surface area (Å²) in [7, 11) is 0. The first-order chi connectivity index (χ1) is 12.0. The van der Waals surface area contributed by atoms with Gasteiger partial charge in [0, 0.05) is 12.3 Å². The largest absolute Gasteiger partial charge is 0.545 e. The number of aromatic nitrogens is 2. The van der Waals surface area contributed by atoms with Crippen LogP contribution in [-0.4, -0.2) is 52.1 Å². The van der Waals surface area contributed by atoms with Crippen molar-refractivity contribution in [1.82, 2.24) is 4.98 Å². The Kier molecular flexibility index (Phi) is 4.79. The molecule has 25 heavy (non-hydrogen) atoms. The summed E-state index contributed by atoms with van der Waals surface area (Å²) < 4.78 is 11.9. The second-order valence-electron chi connectivity index (χ2n) is 5.56. The molecule has 132 valence electrons. The molecule has 1 saturated heterocycles. The van der Waals surface area contributed by atoms with E-state index in [9.17, 15) is 24.9 Å². The lowest BCUT2D eigenvalue weighted by molar-refractivity contribution is -0.765. The molecule has 2 aromatic heterocycles. The van der Waals surface area contributed by atoms with Crippen LogP contribution in [0.15, 0.2) is 42.9 Å². The highest BCUT2D eigenvalue weighted by Crippen LogP contribution is 2.26. The Balaban J connectivity index is 1.67. The third-order valence-electron chi connectivity index (χ3n) is 3.89. The molecular formula is C16H16N2O7. The molecule has 0 saturated carbocycles. The Labute approximate surface area is 142 Å². The van der Waals surface area contributed by atoms with Crippen LogP contribution in [0.1, 0.15) is 27.1 Å². The molecule has 0 amide bonds. The molecule has 2 aromatic rings. The van der Waals surface area contributed by atoms with Gasteiger partial charge in [-0.2, -0.15) is 4.57 Å². The Hall–Kier alpha value is -2.75. The van der Waals surface area contributed by atoms with Crippen LogP contribution in [-0.2, 0) is 9.47 Å². The number of hydrogen-bond donors (Lipinski definition) is 3. The Morgan fingerprint density at radius 1 is 1.28 bits per heavy atom. The van der Waals surface area contributed by atoms with E-state index < -0.39 is 36.5 Å². The topological polar surface area (TPSA) is 136 Å². The van der Waals surface area contributed by atoms with Crippen molar-refractivity contribution < 1.29 is 38.9 Å². The van der Waals surface area contributed by atoms with E-state index in [1.165, 1.54) is 35.2 Å². The predicted octanol–water partition coefficient (Wildman–Crippen LogP) is -1.86. The third kappa shape index (κ3) is 3.53. The predicted molar refractivity (Wildman–Crippen MR) is 78.0 cm³/mol. The smallest absolute Gasteiger partial charge is 0.354 e. The number of carboxylic acid groups (broad SMARTS) is 1. The van der Waals surface area contributed by atoms with E-state index in [1.54, 1.807) is 12.3 Å². The third-order valence-corrected chi connectivity index (χ3v) is 3.89. The molecule has 0 unspecified atom stereocenters. The van der Waals surface area contributed by atoms with E-state index in [1.807, 2.05) is 0 Å². The van der Waals surface area contributed by atoms with E-state index in [-0.39, 0.29) is 17.9 Å². The molecule has 3 heterocycles. The number of hydrogen-bond acceptors (Lipinski definition) is 7. The number of aromatic amines is 1. The van der Waals surface area contributed by atoms with Gasteiger partial charge in [0.1, 0.15) is 24.5 Å². The van der Waals surface area contributed by atoms with E-state index in [4.69, 9.17) is 9.47 Å². The van der Waals surface area contributed by atoms with Gasteiger partial charge in [0.15, 0.2) is 18.5 Å². The summed E-state index contributed by atoms with van der Waals surface area (Å²) in [6, 6.07) is 5.96. The summed E-state index contributed by atoms with van der Waals surface area (Å²) >= 11 is 0. The number of nitrogens with zero attached hydrogens (tertiary/aromatic N) is 1. The van der Waals surface area contributed by atoms with E-state index in [0.29, 0.717) is 0 Å². The SMILES string of the molecule is O=C([O-])c1ccc[n+]([C@H]2O[C@H](COC(=O)c3ccc[nH]3)[C@@H](O)[C@H]2O)c1. The zero-order valence-electron chi connectivity index (χ0n) is 12.9. The number of aliphatic hydroxyl groups is 2. The number of carboxylic acids is 1. The van der Waals surface area contributed by atoms with Gasteiger partial charge in [-0.1, -0.05) is 0 Å². The van der Waals surface area contributed by atoms with E-state index >= 15 is 0 Å². The van der Waals surface area contributed by atoms with Gasteiger partial charge >= 0.3 is 5.97 Å². The van der Waals surface area contributed by atoms with Crippen molar-refractivity contribution >= 4 is 11.9 Å². The van der Waals surface area contributed by atoms with Crippen LogP contribution in [0.25, 0.3) is 0 Å². The van der Waals surface area contributed by atoms with Gasteiger partial charge in [-0.25, -0.2) is 4.79 Å². The van der Waals surface area contributed by atoms with Crippen molar-refractivity contribution in [3.8, 4) is 0 Å². The Morgan fingerprint density at radius 2 is 2.08 bits per heavy atom. The zero-order chi connectivity index (χ0) is 18.0. The lowest BCUT2D eigenvalue weighted by Crippen LogP contribution is -2.46. The first-order valence-corrected chi connectivity index (χ1v) is 7.51. The fraction of sp³-hybridized carbons (Fsp3) is 0.312. The minimum absolute atomic E-state index is 0.102. The molecule has 0 aliphatic carbocycles. The number of H-pyrrole nitrogens is 1. The number of ether oxygens (including phenoxy) is 2. The molecule has 0 radical (unpaired) electrons. The average molecular weight is 348 g/mol. The van der Waals surface area contributed by atoms with Crippen molar-refractivity contribution in [3.63, 3.8) is 0 Å². The van der Waals surface area contributed by atoms with Crippen molar-refractivity contribution in [2.75, 3.05) is 6.61 Å². The number of esters is 1. The highest BCUT2D eigenvalue weighted by atomic mass is 16.6. The second-order valence-corrected chi connectivity index (χ2v) is 5.56. The highest BCUT2D eigenvalue weighted by Gasteiger charge is 2.48. The monoisotopic (exact) mass is 348 g/mol. The number of carbonyl (C=O) groups is 2. The first kappa shape index (κ1) is 17.1. The summed E-state index contributed by atoms with van der Waals surface area (Å²) in [6.45, 7) is -0.271. The van der Waals surface area contributed by atoms with Gasteiger partial charge < -0.3 is 34.6 Å². The molecule has 1 aliphatic rings. The molecule has 3 N–H and O–H groups in total. The summed E-state index contributed by atoms with van der Waals surface area (Å²) in [5.41, 5.74) is 0.148. The number of rotatable bonds is 5. The number of carbonyl (C=O) groups excluding carboxylic acids is 2. The van der Waals surface area contributed by atoms with Crippen LogP contribution in [0.2, 0.25) is 0 Å². The fourth-order valence-corrected chi connectivity index (χ4v) is 2.58. The fourth-order valence-electron chi connectivity index (χ4n) is 2.58. The van der Waals surface area contributed by atoms with Crippen molar-refractivity contribution in [1.29, 1.82) is 0 Å². The molecule has 9 heteroatoms. The minimum atomic E-state index is -1.38. The molecule has 4 atom stereocenters. The normalized spacial score (nSPS) is 25.7. The van der Waals surface area contributed by atoms with E-state index in [0.717, 1.165) is 0 Å². The molecule has 0 aromatic carbocycles. The summed E-state index contributed by atoms with van der Waals surface area (Å²) in [6.07, 6.45) is -0.333. The van der Waals surface area contributed by atoms with Crippen LogP contribution < -0.4 is 9.67 Å². The van der Waals surface area contributed by atoms with Gasteiger partial charge in [0.25, 0.3) is 6.23 Å². The number of aromatic carboxylic acids is 1. The lowest BCUT2D eigenvalue weighted by atomic mass is 10.1. The standard InChI is InChI=1S/C16H16N2O7/c19-12-11(8-24-16(23)10-4-1-5-17-10)25-14(13(12)20)18-6-2-3-9(7-18)15(21)22/h1-7,11-14,19-20H,8H2,(H-,17,21,22,23)/t11-,12-,13-,14+/m1/s1. The maximum atomic E-state index is 11.8. The van der Waals surface area contributed by atoms with Crippen molar-refractivity contribution in [2.45, 2.75) is 24.5 Å². The second kappa shape index (κ2) is 7.01. The maximum absolute atomic E-state index is 11.8. The molecular weight excluding hydrogens is 332 g/mol. The zero-order valence-corrected chi connectivity index (χ0v) is 12.9. The van der Waals surface area contributed by atoms with Crippen LogP contribution in [0, 0.1) is 0 Å². The maximum Gasteiger partial charge on any atom is 0.354 e. The van der Waals surface area contributed by atoms with Gasteiger partial charge in [-0.3, -0.25) is 0 Å². The molecule has 1 aliphatic heterocycles. The first-order valence-electron chi connectivity index (χ1n) is 7.51. The highest BCUT2D eigenvalue weighted by molar-refractivity contribution is 5.87. The quantitative estimate of drug-likeness (QED) is 0.426. The number of pyridine rings is 1. The van der Waals surface area contributed by atoms with E-state index in [2.05, 4.69) is 4.98 Å². The molecule has 0 bridgehead atoms. The van der Waals surface area contributed by atoms with Gasteiger partial charge in [0.05, 0.1) is 11.5 Å². The van der Waals surface area contributed by atoms with Gasteiger partial charge in [-0.15, -0.1) is 0 Å². The summed E-state index contributed by atoms with van der Waals surface area (Å²) in [4.78, 5) is 25.4. The number of nitrogens with one attached hydrogen (secondary N) is 1. The minimum Gasteiger partial charge on any atom is -0.545 e. The van der Waals surface area contributed by atoms with Gasteiger partial charge in [-0.05, 0) is 18.2 Å². The molecule has 0 spiro atoms. The molecule has 1 fully saturated rings. The molecule has 9 nitrogen and oxygen atoms in total. The Morgan fingerprint density at radius 3 is 2.76 bits per heavy atom. The van der Waals surface area contributed by atoms with Crippen molar-refractivity contribution in [3.05, 3.63) is 54.1 Å². The van der Waals surface area contributed by atoms with Crippen LogP contribution >= 0.6 is 0 Å². The van der Waals surface area contributed by atoms with Crippen LogP contribution in [0.5, 0.6) is 0 Å². The van der Waals surface area contributed by atoms with Crippen molar-refractivity contribution in [2.24, 2.45) is 0 Å². The summed E-state index contributed by atoms with van der Waals surface area (Å²) in [5, 5.41) is 31.2. The number of aliphatic hydroxyl groups excluding tert-OH is 2. The van der Waals surface area contributed by atoms with Crippen LogP contribution in [0.4, 0.5) is 0 Å². The van der Waals surface area contributed by atoms with Gasteiger partial charge in [0.2, 0.25) is 0 Å². The lowest BCUT2D eigenvalue weighted by Gasteiger charge is -2.13. The molecule has 3 rings (SSSR count). The average Bonchev–Trinajstić information content (AvgIpc) is 3.23. The Bertz CT molecular complexity index is 762. The van der Waals surface area contributed by atoms with Crippen LogP contribution in [0.3, 0.4) is 0 Å². The summed E-state index contributed by atoms with van der Waals surface area (Å²) in [5.74, 6) is -2.00.